The van der Waals surface area contributed by atoms with Gasteiger partial charge in [-0.05, 0) is 17.0 Å². The summed E-state index contributed by atoms with van der Waals surface area (Å²) in [5, 5.41) is 4.23. The van der Waals surface area contributed by atoms with Crippen LogP contribution in [-0.2, 0) is 5.41 Å². The van der Waals surface area contributed by atoms with Crippen LogP contribution in [0.25, 0.3) is 5.95 Å². The summed E-state index contributed by atoms with van der Waals surface area (Å²) in [4.78, 5) is 8.22. The molecule has 5 heteroatoms. The van der Waals surface area contributed by atoms with Crippen LogP contribution in [0.5, 0.6) is 0 Å². The first-order valence-electron chi connectivity index (χ1n) is 5.11. The summed E-state index contributed by atoms with van der Waals surface area (Å²) in [5.74, 6) is 0.938. The summed E-state index contributed by atoms with van der Waals surface area (Å²) in [5.41, 5.74) is 6.80. The Bertz CT molecular complexity index is 495. The molecule has 0 fully saturated rings. The summed E-state index contributed by atoms with van der Waals surface area (Å²) in [7, 11) is 0. The minimum atomic E-state index is 0.0680. The van der Waals surface area contributed by atoms with E-state index in [0.717, 1.165) is 5.56 Å². The van der Waals surface area contributed by atoms with Crippen molar-refractivity contribution in [3.8, 4) is 5.95 Å². The molecule has 84 valence electrons. The molecule has 16 heavy (non-hydrogen) atoms. The highest BCUT2D eigenvalue weighted by molar-refractivity contribution is 5.30. The molecule has 5 nitrogen and oxygen atoms in total. The normalized spacial score (nSPS) is 11.7. The molecule has 0 aromatic carbocycles. The van der Waals surface area contributed by atoms with Gasteiger partial charge in [0.2, 0.25) is 0 Å². The van der Waals surface area contributed by atoms with Crippen LogP contribution in [0.4, 0.5) is 5.82 Å². The Kier molecular flexibility index (Phi) is 2.38. The molecule has 0 amide bonds. The van der Waals surface area contributed by atoms with Crippen molar-refractivity contribution in [3.05, 3.63) is 30.2 Å². The van der Waals surface area contributed by atoms with Gasteiger partial charge in [-0.15, -0.1) is 0 Å². The van der Waals surface area contributed by atoms with Crippen LogP contribution in [0, 0.1) is 0 Å². The predicted molar refractivity (Wildman–Crippen MR) is 62.3 cm³/mol. The van der Waals surface area contributed by atoms with E-state index < -0.39 is 0 Å². The quantitative estimate of drug-likeness (QED) is 0.786. The van der Waals surface area contributed by atoms with E-state index in [9.17, 15) is 0 Å². The van der Waals surface area contributed by atoms with E-state index in [1.807, 2.05) is 12.4 Å². The molecule has 2 rings (SSSR count). The van der Waals surface area contributed by atoms with Crippen molar-refractivity contribution in [1.29, 1.82) is 0 Å². The van der Waals surface area contributed by atoms with Gasteiger partial charge in [0.25, 0.3) is 5.95 Å². The molecule has 0 atom stereocenters. The summed E-state index contributed by atoms with van der Waals surface area (Å²) >= 11 is 0. The van der Waals surface area contributed by atoms with E-state index in [1.165, 1.54) is 0 Å². The lowest BCUT2D eigenvalue weighted by atomic mass is 9.90. The fourth-order valence-corrected chi connectivity index (χ4v) is 1.29. The Labute approximate surface area is 94.3 Å². The maximum atomic E-state index is 5.60. The van der Waals surface area contributed by atoms with Crippen LogP contribution in [0.3, 0.4) is 0 Å². The van der Waals surface area contributed by atoms with Crippen molar-refractivity contribution in [2.45, 2.75) is 26.2 Å². The summed E-state index contributed by atoms with van der Waals surface area (Å²) in [6.07, 6.45) is 5.37. The lowest BCUT2D eigenvalue weighted by Gasteiger charge is -2.14. The minimum Gasteiger partial charge on any atom is -0.384 e. The number of hydrogen-bond donors (Lipinski definition) is 1. The Morgan fingerprint density at radius 2 is 2.06 bits per heavy atom. The molecule has 2 aromatic heterocycles. The van der Waals surface area contributed by atoms with Crippen molar-refractivity contribution in [1.82, 2.24) is 19.7 Å². The van der Waals surface area contributed by atoms with Crippen LogP contribution < -0.4 is 5.73 Å². The van der Waals surface area contributed by atoms with E-state index in [4.69, 9.17) is 5.73 Å². The number of nitrogens with two attached hydrogens (primary N) is 1. The molecule has 0 radical (unpaired) electrons. The van der Waals surface area contributed by atoms with E-state index in [0.29, 0.717) is 11.8 Å². The molecular weight excluding hydrogens is 202 g/mol. The molecule has 0 aliphatic carbocycles. The molecule has 0 saturated heterocycles. The first kappa shape index (κ1) is 10.6. The summed E-state index contributed by atoms with van der Waals surface area (Å²) < 4.78 is 1.64. The maximum absolute atomic E-state index is 5.60. The lowest BCUT2D eigenvalue weighted by Crippen LogP contribution is -2.09. The molecule has 0 bridgehead atoms. The van der Waals surface area contributed by atoms with Gasteiger partial charge in [0, 0.05) is 12.4 Å². The SMILES string of the molecule is CC(C)(C)c1cnn(-c2nccc(N)n2)c1. The second-order valence-electron chi connectivity index (χ2n) is 4.71. The number of anilines is 1. The topological polar surface area (TPSA) is 69.6 Å². The average molecular weight is 217 g/mol. The Morgan fingerprint density at radius 3 is 2.62 bits per heavy atom. The van der Waals surface area contributed by atoms with E-state index in [2.05, 4.69) is 35.8 Å². The van der Waals surface area contributed by atoms with Crippen molar-refractivity contribution >= 4 is 5.82 Å². The maximum Gasteiger partial charge on any atom is 0.252 e. The standard InChI is InChI=1S/C11H15N5/c1-11(2,3)8-6-14-16(7-8)10-13-5-4-9(12)15-10/h4-7H,1-3H3,(H2,12,13,15). The monoisotopic (exact) mass is 217 g/mol. The number of rotatable bonds is 1. The van der Waals surface area contributed by atoms with Crippen LogP contribution in [0.15, 0.2) is 24.7 Å². The van der Waals surface area contributed by atoms with Gasteiger partial charge in [-0.25, -0.2) is 9.67 Å². The molecule has 0 aliphatic rings. The van der Waals surface area contributed by atoms with Gasteiger partial charge in [0.1, 0.15) is 5.82 Å². The van der Waals surface area contributed by atoms with Crippen LogP contribution in [-0.4, -0.2) is 19.7 Å². The Hall–Kier alpha value is -1.91. The lowest BCUT2D eigenvalue weighted by molar-refractivity contribution is 0.590. The van der Waals surface area contributed by atoms with Gasteiger partial charge in [0.15, 0.2) is 0 Å². The molecule has 0 aliphatic heterocycles. The Morgan fingerprint density at radius 1 is 1.31 bits per heavy atom. The van der Waals surface area contributed by atoms with Crippen LogP contribution in [0.2, 0.25) is 0 Å². The zero-order chi connectivity index (χ0) is 11.8. The third-order valence-corrected chi connectivity index (χ3v) is 2.32. The highest BCUT2D eigenvalue weighted by Crippen LogP contribution is 2.21. The molecule has 0 saturated carbocycles. The van der Waals surface area contributed by atoms with Gasteiger partial charge in [-0.2, -0.15) is 10.1 Å². The third-order valence-electron chi connectivity index (χ3n) is 2.32. The minimum absolute atomic E-state index is 0.0680. The van der Waals surface area contributed by atoms with Crippen LogP contribution >= 0.6 is 0 Å². The van der Waals surface area contributed by atoms with E-state index >= 15 is 0 Å². The van der Waals surface area contributed by atoms with Crippen LogP contribution in [0.1, 0.15) is 26.3 Å². The predicted octanol–water partition coefficient (Wildman–Crippen LogP) is 1.54. The van der Waals surface area contributed by atoms with E-state index in [1.54, 1.807) is 16.9 Å². The molecule has 2 heterocycles. The van der Waals surface area contributed by atoms with Crippen molar-refractivity contribution < 1.29 is 0 Å². The summed E-state index contributed by atoms with van der Waals surface area (Å²) in [6, 6.07) is 1.65. The van der Waals surface area contributed by atoms with Gasteiger partial charge in [0.05, 0.1) is 6.20 Å². The molecular formula is C11H15N5. The first-order valence-corrected chi connectivity index (χ1v) is 5.11. The van der Waals surface area contributed by atoms with Crippen molar-refractivity contribution in [2.75, 3.05) is 5.73 Å². The second-order valence-corrected chi connectivity index (χ2v) is 4.71. The Balaban J connectivity index is 2.39. The van der Waals surface area contributed by atoms with Crippen molar-refractivity contribution in [2.24, 2.45) is 0 Å². The van der Waals surface area contributed by atoms with Crippen molar-refractivity contribution in [3.63, 3.8) is 0 Å². The highest BCUT2D eigenvalue weighted by atomic mass is 15.3. The average Bonchev–Trinajstić information content (AvgIpc) is 2.65. The molecule has 0 unspecified atom stereocenters. The fraction of sp³-hybridized carbons (Fsp3) is 0.364. The zero-order valence-corrected chi connectivity index (χ0v) is 9.68. The summed E-state index contributed by atoms with van der Waals surface area (Å²) in [6.45, 7) is 6.40. The van der Waals surface area contributed by atoms with Gasteiger partial charge in [-0.1, -0.05) is 20.8 Å². The number of nitrogen functional groups attached to an aromatic ring is 1. The smallest absolute Gasteiger partial charge is 0.252 e. The zero-order valence-electron chi connectivity index (χ0n) is 9.68. The van der Waals surface area contributed by atoms with Gasteiger partial charge >= 0.3 is 0 Å². The van der Waals surface area contributed by atoms with Gasteiger partial charge < -0.3 is 5.73 Å². The third kappa shape index (κ3) is 2.03. The number of nitrogens with zero attached hydrogens (tertiary/aromatic N) is 4. The molecule has 2 N–H and O–H groups in total. The fourth-order valence-electron chi connectivity index (χ4n) is 1.29. The van der Waals surface area contributed by atoms with Gasteiger partial charge in [-0.3, -0.25) is 0 Å². The second kappa shape index (κ2) is 3.59. The highest BCUT2D eigenvalue weighted by Gasteiger charge is 2.16. The number of hydrogen-bond acceptors (Lipinski definition) is 4. The van der Waals surface area contributed by atoms with E-state index in [-0.39, 0.29) is 5.41 Å². The molecule has 2 aromatic rings. The first-order chi connectivity index (χ1) is 7.47. The largest absolute Gasteiger partial charge is 0.384 e. The molecule has 0 spiro atoms. The number of aromatic nitrogens is 4.